The number of nitrogens with zero attached hydrogens (tertiary/aromatic N) is 2. The Labute approximate surface area is 304 Å². The van der Waals surface area contributed by atoms with Gasteiger partial charge >= 0.3 is 12.2 Å². The van der Waals surface area contributed by atoms with Gasteiger partial charge in [0, 0.05) is 11.1 Å². The molecule has 2 aliphatic carbocycles. The third kappa shape index (κ3) is 9.43. The molecular formula is C42H52F4N2O2S. The smallest absolute Gasteiger partial charge is 0.400 e. The highest BCUT2D eigenvalue weighted by Crippen LogP contribution is 2.44. The van der Waals surface area contributed by atoms with Gasteiger partial charge in [0.05, 0.1) is 23.6 Å². The van der Waals surface area contributed by atoms with E-state index in [-0.39, 0.29) is 11.5 Å². The summed E-state index contributed by atoms with van der Waals surface area (Å²) in [5.41, 5.74) is 4.63. The van der Waals surface area contributed by atoms with E-state index in [9.17, 15) is 0 Å². The Hall–Kier alpha value is -3.20. The zero-order chi connectivity index (χ0) is 35.8. The molecule has 0 saturated heterocycles. The van der Waals surface area contributed by atoms with Crippen molar-refractivity contribution in [2.45, 2.75) is 129 Å². The minimum Gasteiger partial charge on any atom is -0.432 e. The number of fused-ring (bicyclic) bond motifs is 1. The molecule has 0 spiro atoms. The number of rotatable bonds is 16. The number of alkyl halides is 4. The average Bonchev–Trinajstić information content (AvgIpc) is 3.63. The first-order valence-electron chi connectivity index (χ1n) is 19.3. The molecule has 6 rings (SSSR count). The van der Waals surface area contributed by atoms with Crippen LogP contribution in [0.15, 0.2) is 60.7 Å². The lowest BCUT2D eigenvalue weighted by atomic mass is 9.79. The Morgan fingerprint density at radius 3 is 1.27 bits per heavy atom. The molecule has 0 aliphatic heterocycles. The summed E-state index contributed by atoms with van der Waals surface area (Å²) in [7, 11) is 0. The van der Waals surface area contributed by atoms with Crippen LogP contribution in [-0.2, 0) is 0 Å². The lowest BCUT2D eigenvalue weighted by Crippen LogP contribution is -2.37. The Kier molecular flexibility index (Phi) is 12.6. The molecule has 1 heterocycles. The molecule has 0 N–H and O–H groups in total. The fourth-order valence-electron chi connectivity index (χ4n) is 8.16. The fourth-order valence-corrected chi connectivity index (χ4v) is 8.73. The Morgan fingerprint density at radius 2 is 0.922 bits per heavy atom. The van der Waals surface area contributed by atoms with Crippen LogP contribution in [0.1, 0.15) is 117 Å². The van der Waals surface area contributed by atoms with E-state index < -0.39 is 24.1 Å². The van der Waals surface area contributed by atoms with Gasteiger partial charge in [0.1, 0.15) is 22.5 Å². The van der Waals surface area contributed by atoms with E-state index in [0.29, 0.717) is 48.6 Å². The number of hydrogen-bond acceptors (Lipinski definition) is 5. The van der Waals surface area contributed by atoms with Gasteiger partial charge in [-0.2, -0.15) is 26.3 Å². The van der Waals surface area contributed by atoms with Crippen LogP contribution in [0.4, 0.5) is 17.6 Å². The molecule has 2 fully saturated rings. The topological polar surface area (TPSA) is 44.2 Å². The number of hydrogen-bond donors (Lipinski definition) is 0. The molecule has 9 heteroatoms. The summed E-state index contributed by atoms with van der Waals surface area (Å²) in [4.78, 5) is 0. The zero-order valence-corrected chi connectivity index (χ0v) is 30.8. The standard InChI is InChI=1S/C42H52F4N2O2S/c1-3-5-7-9-29-11-19-33(20-12-29)41(43,44)49-35-23-15-31(16-24-35)37-27-28-38(40-39(37)47-51-48-40)32-17-25-36(26-18-32)50-42(45,46)34-21-13-30(14-22-34)10-8-6-4-2/h15-18,23-30,33-34H,3-14,19-22H2,1-2H3. The summed E-state index contributed by atoms with van der Waals surface area (Å²) in [6, 6.07) is 17.3. The van der Waals surface area contributed by atoms with Crippen molar-refractivity contribution in [2.24, 2.45) is 23.7 Å². The summed E-state index contributed by atoms with van der Waals surface area (Å²) < 4.78 is 80.4. The van der Waals surface area contributed by atoms with Crippen molar-refractivity contribution in [1.82, 2.24) is 8.75 Å². The van der Waals surface area contributed by atoms with Gasteiger partial charge in [0.2, 0.25) is 0 Å². The summed E-state index contributed by atoms with van der Waals surface area (Å²) in [5.74, 6) is -0.152. The maximum Gasteiger partial charge on any atom is 0.400 e. The van der Waals surface area contributed by atoms with Crippen molar-refractivity contribution < 1.29 is 27.0 Å². The molecule has 2 aliphatic rings. The molecule has 2 saturated carbocycles. The van der Waals surface area contributed by atoms with Crippen LogP contribution in [0.2, 0.25) is 0 Å². The normalized spacial score (nSPS) is 21.5. The maximum atomic E-state index is 15.2. The van der Waals surface area contributed by atoms with E-state index in [0.717, 1.165) is 72.5 Å². The molecule has 4 aromatic rings. The maximum absolute atomic E-state index is 15.2. The van der Waals surface area contributed by atoms with Gasteiger partial charge in [-0.25, -0.2) is 0 Å². The van der Waals surface area contributed by atoms with Crippen LogP contribution in [0.5, 0.6) is 11.5 Å². The first-order valence-corrected chi connectivity index (χ1v) is 20.0. The molecule has 0 amide bonds. The fraction of sp³-hybridized carbons (Fsp3) is 0.571. The summed E-state index contributed by atoms with van der Waals surface area (Å²) in [6.07, 6.45) is 8.31. The van der Waals surface area contributed by atoms with Crippen LogP contribution >= 0.6 is 11.7 Å². The lowest BCUT2D eigenvalue weighted by Gasteiger charge is -2.33. The van der Waals surface area contributed by atoms with Gasteiger partial charge < -0.3 is 9.47 Å². The molecule has 51 heavy (non-hydrogen) atoms. The van der Waals surface area contributed by atoms with Crippen molar-refractivity contribution in [3.05, 3.63) is 60.7 Å². The number of ether oxygens (including phenoxy) is 2. The lowest BCUT2D eigenvalue weighted by molar-refractivity contribution is -0.224. The molecule has 4 nitrogen and oxygen atoms in total. The molecule has 0 bridgehead atoms. The third-order valence-electron chi connectivity index (χ3n) is 11.3. The Balaban J connectivity index is 1.07. The summed E-state index contributed by atoms with van der Waals surface area (Å²) in [6.45, 7) is 4.36. The van der Waals surface area contributed by atoms with Crippen molar-refractivity contribution in [3.63, 3.8) is 0 Å². The van der Waals surface area contributed by atoms with Crippen molar-refractivity contribution in [3.8, 4) is 33.8 Å². The van der Waals surface area contributed by atoms with Gasteiger partial charge in [-0.15, -0.1) is 0 Å². The van der Waals surface area contributed by atoms with E-state index >= 15 is 17.6 Å². The summed E-state index contributed by atoms with van der Waals surface area (Å²) in [5, 5.41) is 0. The first kappa shape index (κ1) is 37.6. The highest BCUT2D eigenvalue weighted by Gasteiger charge is 2.45. The van der Waals surface area contributed by atoms with E-state index in [2.05, 4.69) is 22.6 Å². The minimum absolute atomic E-state index is 0.140. The monoisotopic (exact) mass is 724 g/mol. The quantitative estimate of drug-likeness (QED) is 0.0852. The van der Waals surface area contributed by atoms with Gasteiger partial charge in [-0.1, -0.05) is 102 Å². The van der Waals surface area contributed by atoms with E-state index in [4.69, 9.17) is 9.47 Å². The van der Waals surface area contributed by atoms with E-state index in [1.165, 1.54) is 38.5 Å². The predicted molar refractivity (Wildman–Crippen MR) is 199 cm³/mol. The Morgan fingerprint density at radius 1 is 0.549 bits per heavy atom. The zero-order valence-electron chi connectivity index (χ0n) is 30.0. The Bertz CT molecular complexity index is 1540. The van der Waals surface area contributed by atoms with Crippen LogP contribution in [-0.4, -0.2) is 21.0 Å². The van der Waals surface area contributed by atoms with Crippen molar-refractivity contribution in [2.75, 3.05) is 0 Å². The first-order chi connectivity index (χ1) is 24.7. The largest absolute Gasteiger partial charge is 0.432 e. The van der Waals surface area contributed by atoms with Crippen LogP contribution in [0, 0.1) is 23.7 Å². The van der Waals surface area contributed by atoms with Gasteiger partial charge in [-0.3, -0.25) is 0 Å². The van der Waals surface area contributed by atoms with Crippen LogP contribution in [0.3, 0.4) is 0 Å². The second kappa shape index (κ2) is 17.1. The van der Waals surface area contributed by atoms with Crippen molar-refractivity contribution >= 4 is 22.8 Å². The molecule has 0 radical (unpaired) electrons. The average molecular weight is 725 g/mol. The molecule has 0 unspecified atom stereocenters. The molecule has 3 aromatic carbocycles. The highest BCUT2D eigenvalue weighted by atomic mass is 32.1. The van der Waals surface area contributed by atoms with Crippen LogP contribution in [0.25, 0.3) is 33.3 Å². The minimum atomic E-state index is -3.22. The second-order valence-corrected chi connectivity index (χ2v) is 15.5. The number of halogens is 4. The van der Waals surface area contributed by atoms with Crippen LogP contribution < -0.4 is 9.47 Å². The van der Waals surface area contributed by atoms with Gasteiger partial charge in [0.25, 0.3) is 0 Å². The second-order valence-electron chi connectivity index (χ2n) is 14.9. The molecule has 0 atom stereocenters. The van der Waals surface area contributed by atoms with Gasteiger partial charge in [-0.05, 0) is 98.6 Å². The van der Waals surface area contributed by atoms with E-state index in [1.54, 1.807) is 48.5 Å². The van der Waals surface area contributed by atoms with Gasteiger partial charge in [0.15, 0.2) is 0 Å². The summed E-state index contributed by atoms with van der Waals surface area (Å²) >= 11 is 1.09. The van der Waals surface area contributed by atoms with Crippen molar-refractivity contribution in [1.29, 1.82) is 0 Å². The SMILES string of the molecule is CCCCCC1CCC(C(F)(F)Oc2ccc(-c3ccc(-c4ccc(OC(F)(F)C5CCC(CCCCC)CC5)cc4)c4nsnc34)cc2)CC1. The third-order valence-corrected chi connectivity index (χ3v) is 11.9. The molecule has 1 aromatic heterocycles. The molecule has 276 valence electrons. The molecular weight excluding hydrogens is 673 g/mol. The highest BCUT2D eigenvalue weighted by molar-refractivity contribution is 7.00. The number of benzene rings is 3. The number of unbranched alkanes of at least 4 members (excludes halogenated alkanes) is 4. The number of aromatic nitrogens is 2. The van der Waals surface area contributed by atoms with E-state index in [1.807, 2.05) is 12.1 Å². The predicted octanol–water partition coefficient (Wildman–Crippen LogP) is 13.7.